The lowest BCUT2D eigenvalue weighted by Gasteiger charge is -2.06. The second-order valence-corrected chi connectivity index (χ2v) is 8.41. The van der Waals surface area contributed by atoms with Gasteiger partial charge in [0.1, 0.15) is 0 Å². The van der Waals surface area contributed by atoms with E-state index in [9.17, 15) is 13.2 Å². The number of allylic oxidation sites excluding steroid dienone is 4. The van der Waals surface area contributed by atoms with Crippen molar-refractivity contribution in [2.24, 2.45) is 9.39 Å². The molecule has 0 atom stereocenters. The number of ketones is 1. The predicted molar refractivity (Wildman–Crippen MR) is 110 cm³/mol. The van der Waals surface area contributed by atoms with Gasteiger partial charge in [0.25, 0.3) is 10.0 Å². The Morgan fingerprint density at radius 3 is 2.07 bits per heavy atom. The van der Waals surface area contributed by atoms with E-state index in [1.807, 2.05) is 0 Å². The summed E-state index contributed by atoms with van der Waals surface area (Å²) in [5, 5.41) is 0.504. The molecular formula is C19H12BrClN2O3S. The fraction of sp³-hybridized carbons (Fsp3) is 0. The molecule has 27 heavy (non-hydrogen) atoms. The SMILES string of the molecule is O=C1C=CC(=N/C(=N/S(=O)(=O)c2ccc(Br)cc2)c2ccc(Cl)cc2)C=C1. The van der Waals surface area contributed by atoms with Crippen LogP contribution in [0.25, 0.3) is 0 Å². The van der Waals surface area contributed by atoms with Crippen LogP contribution in [0.5, 0.6) is 0 Å². The number of carbonyl (C=O) groups is 1. The summed E-state index contributed by atoms with van der Waals surface area (Å²) in [6, 6.07) is 12.6. The Balaban J connectivity index is 2.10. The Kier molecular flexibility index (Phi) is 5.84. The van der Waals surface area contributed by atoms with Gasteiger partial charge in [-0.25, -0.2) is 4.99 Å². The fourth-order valence-electron chi connectivity index (χ4n) is 2.15. The summed E-state index contributed by atoms with van der Waals surface area (Å²) >= 11 is 9.18. The monoisotopic (exact) mass is 462 g/mol. The van der Waals surface area contributed by atoms with Gasteiger partial charge in [-0.1, -0.05) is 27.5 Å². The smallest absolute Gasteiger partial charge is 0.284 e. The van der Waals surface area contributed by atoms with Crippen LogP contribution in [0, 0.1) is 0 Å². The number of sulfonamides is 1. The zero-order chi connectivity index (χ0) is 19.4. The summed E-state index contributed by atoms with van der Waals surface area (Å²) in [4.78, 5) is 15.6. The summed E-state index contributed by atoms with van der Waals surface area (Å²) in [7, 11) is -3.98. The summed E-state index contributed by atoms with van der Waals surface area (Å²) in [6.45, 7) is 0. The molecular weight excluding hydrogens is 452 g/mol. The van der Waals surface area contributed by atoms with E-state index in [1.54, 1.807) is 36.4 Å². The minimum absolute atomic E-state index is 0.00626. The third kappa shape index (κ3) is 5.09. The highest BCUT2D eigenvalue weighted by molar-refractivity contribution is 9.10. The van der Waals surface area contributed by atoms with Crippen LogP contribution in [0.2, 0.25) is 5.02 Å². The Bertz CT molecular complexity index is 1080. The molecule has 0 spiro atoms. The molecule has 0 bridgehead atoms. The van der Waals surface area contributed by atoms with Gasteiger partial charge in [0, 0.05) is 15.1 Å². The van der Waals surface area contributed by atoms with E-state index >= 15 is 0 Å². The van der Waals surface area contributed by atoms with Gasteiger partial charge in [0.15, 0.2) is 11.6 Å². The molecule has 0 N–H and O–H groups in total. The summed E-state index contributed by atoms with van der Waals surface area (Å²) < 4.78 is 30.1. The first kappa shape index (κ1) is 19.4. The first-order chi connectivity index (χ1) is 12.8. The van der Waals surface area contributed by atoms with Crippen molar-refractivity contribution in [1.29, 1.82) is 0 Å². The molecule has 0 unspecified atom stereocenters. The zero-order valence-electron chi connectivity index (χ0n) is 13.7. The first-order valence-electron chi connectivity index (χ1n) is 7.69. The van der Waals surface area contributed by atoms with Crippen molar-refractivity contribution in [2.75, 3.05) is 0 Å². The molecule has 0 amide bonds. The second kappa shape index (κ2) is 8.12. The molecule has 0 heterocycles. The zero-order valence-corrected chi connectivity index (χ0v) is 16.9. The topological polar surface area (TPSA) is 75.9 Å². The van der Waals surface area contributed by atoms with E-state index in [0.29, 0.717) is 16.3 Å². The summed E-state index contributed by atoms with van der Waals surface area (Å²) in [5.74, 6) is -0.172. The molecule has 1 aliphatic rings. The van der Waals surface area contributed by atoms with Crippen molar-refractivity contribution >= 4 is 54.9 Å². The summed E-state index contributed by atoms with van der Waals surface area (Å²) in [6.07, 6.45) is 5.70. The Hall–Kier alpha value is -2.35. The van der Waals surface area contributed by atoms with E-state index in [2.05, 4.69) is 25.3 Å². The Labute approximate surface area is 170 Å². The normalized spacial score (nSPS) is 14.5. The van der Waals surface area contributed by atoms with Gasteiger partial charge < -0.3 is 0 Å². The van der Waals surface area contributed by atoms with Crippen LogP contribution in [0.3, 0.4) is 0 Å². The maximum absolute atomic E-state index is 12.7. The average Bonchev–Trinajstić information content (AvgIpc) is 2.64. The van der Waals surface area contributed by atoms with E-state index in [0.717, 1.165) is 4.47 Å². The molecule has 8 heteroatoms. The first-order valence-corrected chi connectivity index (χ1v) is 10.3. The minimum atomic E-state index is -3.98. The van der Waals surface area contributed by atoms with Crippen LogP contribution < -0.4 is 0 Å². The largest absolute Gasteiger partial charge is 0.290 e. The number of hydrogen-bond donors (Lipinski definition) is 0. The van der Waals surface area contributed by atoms with Crippen LogP contribution in [-0.4, -0.2) is 25.7 Å². The van der Waals surface area contributed by atoms with E-state index < -0.39 is 10.0 Å². The number of carbonyl (C=O) groups excluding carboxylic acids is 1. The van der Waals surface area contributed by atoms with Crippen LogP contribution in [0.4, 0.5) is 0 Å². The highest BCUT2D eigenvalue weighted by Gasteiger charge is 2.16. The number of hydrogen-bond acceptors (Lipinski definition) is 3. The molecule has 0 saturated heterocycles. The van der Waals surface area contributed by atoms with Gasteiger partial charge in [0.2, 0.25) is 0 Å². The highest BCUT2D eigenvalue weighted by Crippen LogP contribution is 2.19. The van der Waals surface area contributed by atoms with Gasteiger partial charge in [-0.15, -0.1) is 4.40 Å². The molecule has 0 radical (unpaired) electrons. The molecule has 0 aliphatic heterocycles. The van der Waals surface area contributed by atoms with Gasteiger partial charge in [-0.3, -0.25) is 4.79 Å². The summed E-state index contributed by atoms with van der Waals surface area (Å²) in [5.41, 5.74) is 0.889. The van der Waals surface area contributed by atoms with E-state index in [1.165, 1.54) is 36.4 Å². The molecule has 136 valence electrons. The van der Waals surface area contributed by atoms with Gasteiger partial charge in [-0.2, -0.15) is 8.42 Å². The number of nitrogens with zero attached hydrogens (tertiary/aromatic N) is 2. The maximum Gasteiger partial charge on any atom is 0.284 e. The van der Waals surface area contributed by atoms with E-state index in [-0.39, 0.29) is 16.5 Å². The standard InChI is InChI=1S/C19H12BrClN2O3S/c20-14-3-11-18(12-4-14)27(25,26)23-19(13-1-5-15(21)6-2-13)22-16-7-9-17(24)10-8-16/h1-12H/b23-19+. The van der Waals surface area contributed by atoms with Gasteiger partial charge in [0.05, 0.1) is 10.6 Å². The average molecular weight is 464 g/mol. The fourth-order valence-corrected chi connectivity index (χ4v) is 3.50. The number of halogens is 2. The van der Waals surface area contributed by atoms with Crippen molar-refractivity contribution in [3.8, 4) is 0 Å². The Morgan fingerprint density at radius 2 is 1.48 bits per heavy atom. The quantitative estimate of drug-likeness (QED) is 0.385. The van der Waals surface area contributed by atoms with Crippen molar-refractivity contribution in [3.63, 3.8) is 0 Å². The lowest BCUT2D eigenvalue weighted by atomic mass is 10.1. The molecule has 2 aromatic rings. The number of benzene rings is 2. The molecule has 1 aliphatic carbocycles. The highest BCUT2D eigenvalue weighted by atomic mass is 79.9. The minimum Gasteiger partial charge on any atom is -0.290 e. The van der Waals surface area contributed by atoms with Crippen molar-refractivity contribution < 1.29 is 13.2 Å². The van der Waals surface area contributed by atoms with Crippen molar-refractivity contribution in [1.82, 2.24) is 0 Å². The molecule has 0 fully saturated rings. The van der Waals surface area contributed by atoms with Gasteiger partial charge in [-0.05, 0) is 72.8 Å². The molecule has 2 aromatic carbocycles. The third-order valence-electron chi connectivity index (χ3n) is 3.49. The maximum atomic E-state index is 12.7. The number of amidine groups is 1. The third-order valence-corrected chi connectivity index (χ3v) is 5.55. The Morgan fingerprint density at radius 1 is 0.889 bits per heavy atom. The van der Waals surface area contributed by atoms with Crippen molar-refractivity contribution in [3.05, 3.63) is 87.9 Å². The number of aliphatic imine (C=N–C) groups is 1. The van der Waals surface area contributed by atoms with Gasteiger partial charge >= 0.3 is 0 Å². The lowest BCUT2D eigenvalue weighted by Crippen LogP contribution is -2.08. The van der Waals surface area contributed by atoms with Crippen LogP contribution >= 0.6 is 27.5 Å². The van der Waals surface area contributed by atoms with Crippen LogP contribution in [-0.2, 0) is 14.8 Å². The lowest BCUT2D eigenvalue weighted by molar-refractivity contribution is -0.110. The van der Waals surface area contributed by atoms with E-state index in [4.69, 9.17) is 11.6 Å². The molecule has 0 aromatic heterocycles. The van der Waals surface area contributed by atoms with Crippen LogP contribution in [0.15, 0.2) is 91.6 Å². The number of rotatable bonds is 3. The second-order valence-electron chi connectivity index (χ2n) is 5.46. The molecule has 3 rings (SSSR count). The molecule has 5 nitrogen and oxygen atoms in total. The van der Waals surface area contributed by atoms with Crippen molar-refractivity contribution in [2.45, 2.75) is 4.90 Å². The van der Waals surface area contributed by atoms with Crippen LogP contribution in [0.1, 0.15) is 5.56 Å². The molecule has 0 saturated carbocycles. The predicted octanol–water partition coefficient (Wildman–Crippen LogP) is 4.37.